The lowest BCUT2D eigenvalue weighted by Crippen LogP contribution is -2.25. The van der Waals surface area contributed by atoms with Crippen LogP contribution in [0.3, 0.4) is 0 Å². The molecule has 0 spiro atoms. The van der Waals surface area contributed by atoms with E-state index in [9.17, 15) is 14.4 Å². The molecule has 1 aliphatic carbocycles. The van der Waals surface area contributed by atoms with Crippen LogP contribution in [0, 0.1) is 0 Å². The summed E-state index contributed by atoms with van der Waals surface area (Å²) in [5.74, 6) is 0.338. The Kier molecular flexibility index (Phi) is 4.04. The highest BCUT2D eigenvalue weighted by Crippen LogP contribution is 2.29. The predicted molar refractivity (Wildman–Crippen MR) is 92.5 cm³/mol. The number of rotatable bonds is 4. The summed E-state index contributed by atoms with van der Waals surface area (Å²) in [5, 5.41) is 3.15. The van der Waals surface area contributed by atoms with Crippen LogP contribution in [0.1, 0.15) is 28.0 Å². The number of carbonyl (C=O) groups excluding carboxylic acids is 2. The number of ketones is 1. The summed E-state index contributed by atoms with van der Waals surface area (Å²) >= 11 is 1.21. The van der Waals surface area contributed by atoms with Gasteiger partial charge in [-0.2, -0.15) is 0 Å². The van der Waals surface area contributed by atoms with Gasteiger partial charge in [-0.05, 0) is 37.5 Å². The number of aromatic nitrogens is 2. The van der Waals surface area contributed by atoms with E-state index in [1.54, 1.807) is 18.2 Å². The third kappa shape index (κ3) is 3.17. The zero-order valence-corrected chi connectivity index (χ0v) is 14.1. The van der Waals surface area contributed by atoms with E-state index in [-0.39, 0.29) is 29.6 Å². The fourth-order valence-electron chi connectivity index (χ4n) is 2.96. The lowest BCUT2D eigenvalue weighted by molar-refractivity contribution is -0.118. The first-order valence-electron chi connectivity index (χ1n) is 7.95. The number of benzene rings is 1. The number of thioether (sulfide) groups is 1. The number of carbonyl (C=O) groups is 2. The van der Waals surface area contributed by atoms with Crippen molar-refractivity contribution in [1.82, 2.24) is 9.97 Å². The molecule has 1 amide bonds. The van der Waals surface area contributed by atoms with E-state index in [2.05, 4.69) is 15.3 Å². The summed E-state index contributed by atoms with van der Waals surface area (Å²) in [6.45, 7) is -0.0203. The molecule has 0 radical (unpaired) electrons. The molecule has 2 heterocycles. The van der Waals surface area contributed by atoms with Crippen molar-refractivity contribution in [1.29, 1.82) is 0 Å². The van der Waals surface area contributed by atoms with Gasteiger partial charge in [-0.3, -0.25) is 14.4 Å². The molecule has 0 saturated heterocycles. The van der Waals surface area contributed by atoms with Gasteiger partial charge in [0.2, 0.25) is 0 Å². The Balaban J connectivity index is 1.48. The number of aromatic amines is 1. The maximum absolute atomic E-state index is 12.4. The zero-order chi connectivity index (χ0) is 17.4. The van der Waals surface area contributed by atoms with Gasteiger partial charge in [-0.15, -0.1) is 0 Å². The number of hydrogen-bond acceptors (Lipinski definition) is 6. The van der Waals surface area contributed by atoms with Crippen LogP contribution < -0.4 is 15.6 Å². The zero-order valence-electron chi connectivity index (χ0n) is 13.3. The Bertz CT molecular complexity index is 938. The van der Waals surface area contributed by atoms with Crippen molar-refractivity contribution in [2.24, 2.45) is 0 Å². The van der Waals surface area contributed by atoms with Crippen LogP contribution in [0.15, 0.2) is 28.2 Å². The van der Waals surface area contributed by atoms with E-state index in [1.165, 1.54) is 11.8 Å². The largest absolute Gasteiger partial charge is 0.482 e. The van der Waals surface area contributed by atoms with E-state index in [4.69, 9.17) is 4.74 Å². The molecule has 2 aromatic rings. The van der Waals surface area contributed by atoms with E-state index < -0.39 is 0 Å². The molecule has 0 fully saturated rings. The fraction of sp³-hybridized carbons (Fsp3) is 0.294. The Morgan fingerprint density at radius 3 is 3.04 bits per heavy atom. The number of hydrogen-bond donors (Lipinski definition) is 2. The standard InChI is InChI=1S/C17H15N3O4S/c21-13(9-4-5-14-12(6-9)18-15(22)7-24-14)8-25-17-19-11-3-1-2-10(11)16(23)20-17/h4-6H,1-3,7-8H2,(H,18,22)(H,19,20,23). The molecular weight excluding hydrogens is 342 g/mol. The van der Waals surface area contributed by atoms with Crippen molar-refractivity contribution in [3.8, 4) is 5.75 Å². The van der Waals surface area contributed by atoms with E-state index in [0.717, 1.165) is 30.5 Å². The predicted octanol–water partition coefficient (Wildman–Crippen LogP) is 1.56. The number of Topliss-reactive ketones (excluding diaryl/α,β-unsaturated/α-hetero) is 1. The summed E-state index contributed by atoms with van der Waals surface area (Å²) in [7, 11) is 0. The van der Waals surface area contributed by atoms with Crippen LogP contribution in [0.25, 0.3) is 0 Å². The maximum atomic E-state index is 12.4. The molecule has 7 nitrogen and oxygen atoms in total. The molecule has 0 bridgehead atoms. The Morgan fingerprint density at radius 1 is 1.28 bits per heavy atom. The summed E-state index contributed by atoms with van der Waals surface area (Å²) in [4.78, 5) is 43.0. The first-order valence-corrected chi connectivity index (χ1v) is 8.93. The molecule has 0 unspecified atom stereocenters. The van der Waals surface area contributed by atoms with Crippen LogP contribution >= 0.6 is 11.8 Å². The molecule has 2 aliphatic rings. The van der Waals surface area contributed by atoms with Crippen LogP contribution in [0.5, 0.6) is 5.75 Å². The van der Waals surface area contributed by atoms with Crippen molar-refractivity contribution >= 4 is 29.1 Å². The van der Waals surface area contributed by atoms with Gasteiger partial charge in [-0.25, -0.2) is 4.98 Å². The molecule has 1 aromatic carbocycles. The van der Waals surface area contributed by atoms with Gasteiger partial charge in [0.25, 0.3) is 11.5 Å². The SMILES string of the molecule is O=C1COc2ccc(C(=O)CSc3nc4c(c(=O)[nH]3)CCC4)cc2N1. The summed E-state index contributed by atoms with van der Waals surface area (Å²) in [5.41, 5.74) is 2.47. The van der Waals surface area contributed by atoms with Gasteiger partial charge in [0.1, 0.15) is 5.75 Å². The van der Waals surface area contributed by atoms with Gasteiger partial charge in [-0.1, -0.05) is 11.8 Å². The first-order chi connectivity index (χ1) is 12.1. The van der Waals surface area contributed by atoms with Crippen molar-refractivity contribution in [3.63, 3.8) is 0 Å². The minimum Gasteiger partial charge on any atom is -0.482 e. The van der Waals surface area contributed by atoms with E-state index in [0.29, 0.717) is 22.2 Å². The number of nitrogens with one attached hydrogen (secondary N) is 2. The van der Waals surface area contributed by atoms with Crippen molar-refractivity contribution in [2.75, 3.05) is 17.7 Å². The molecule has 4 rings (SSSR count). The highest BCUT2D eigenvalue weighted by molar-refractivity contribution is 7.99. The fourth-order valence-corrected chi connectivity index (χ4v) is 3.74. The Labute approximate surface area is 147 Å². The highest BCUT2D eigenvalue weighted by atomic mass is 32.2. The second-order valence-corrected chi connectivity index (χ2v) is 6.87. The summed E-state index contributed by atoms with van der Waals surface area (Å²) in [6, 6.07) is 4.94. The minimum absolute atomic E-state index is 0.0203. The van der Waals surface area contributed by atoms with Gasteiger partial charge >= 0.3 is 0 Å². The van der Waals surface area contributed by atoms with Gasteiger partial charge in [0.15, 0.2) is 17.5 Å². The van der Waals surface area contributed by atoms with Crippen LogP contribution in [0.2, 0.25) is 0 Å². The number of anilines is 1. The van der Waals surface area contributed by atoms with Crippen LogP contribution in [0.4, 0.5) is 5.69 Å². The topological polar surface area (TPSA) is 101 Å². The van der Waals surface area contributed by atoms with E-state index in [1.807, 2.05) is 0 Å². The second-order valence-electron chi connectivity index (χ2n) is 5.91. The smallest absolute Gasteiger partial charge is 0.262 e. The molecule has 1 aromatic heterocycles. The lowest BCUT2D eigenvalue weighted by atomic mass is 10.1. The third-order valence-electron chi connectivity index (χ3n) is 4.19. The molecule has 2 N–H and O–H groups in total. The molecular formula is C17H15N3O4S. The minimum atomic E-state index is -0.244. The second kappa shape index (κ2) is 6.36. The van der Waals surface area contributed by atoms with E-state index >= 15 is 0 Å². The lowest BCUT2D eigenvalue weighted by Gasteiger charge is -2.18. The summed E-state index contributed by atoms with van der Waals surface area (Å²) in [6.07, 6.45) is 2.52. The highest BCUT2D eigenvalue weighted by Gasteiger charge is 2.20. The Morgan fingerprint density at radius 2 is 2.16 bits per heavy atom. The van der Waals surface area contributed by atoms with Crippen LogP contribution in [-0.2, 0) is 17.6 Å². The molecule has 0 atom stereocenters. The third-order valence-corrected chi connectivity index (χ3v) is 5.07. The number of amides is 1. The van der Waals surface area contributed by atoms with Gasteiger partial charge < -0.3 is 15.0 Å². The van der Waals surface area contributed by atoms with Crippen molar-refractivity contribution in [2.45, 2.75) is 24.4 Å². The number of nitrogens with zero attached hydrogens (tertiary/aromatic N) is 1. The average molecular weight is 357 g/mol. The maximum Gasteiger partial charge on any atom is 0.262 e. The Hall–Kier alpha value is -2.61. The normalized spacial score (nSPS) is 15.1. The number of fused-ring (bicyclic) bond motifs is 2. The first kappa shape index (κ1) is 15.9. The quantitative estimate of drug-likeness (QED) is 0.489. The average Bonchev–Trinajstić information content (AvgIpc) is 3.08. The number of ether oxygens (including phenoxy) is 1. The molecule has 1 aliphatic heterocycles. The molecule has 8 heteroatoms. The number of aryl methyl sites for hydroxylation is 1. The molecule has 128 valence electrons. The van der Waals surface area contributed by atoms with Crippen molar-refractivity contribution in [3.05, 3.63) is 45.4 Å². The summed E-state index contributed by atoms with van der Waals surface area (Å²) < 4.78 is 5.28. The van der Waals surface area contributed by atoms with Crippen LogP contribution in [-0.4, -0.2) is 34.0 Å². The van der Waals surface area contributed by atoms with Gasteiger partial charge in [0, 0.05) is 11.1 Å². The van der Waals surface area contributed by atoms with Crippen molar-refractivity contribution < 1.29 is 14.3 Å². The van der Waals surface area contributed by atoms with Gasteiger partial charge in [0.05, 0.1) is 17.1 Å². The number of H-pyrrole nitrogens is 1. The molecule has 0 saturated carbocycles. The molecule has 25 heavy (non-hydrogen) atoms. The monoisotopic (exact) mass is 357 g/mol.